The van der Waals surface area contributed by atoms with Gasteiger partial charge in [-0.15, -0.1) is 10.2 Å². The molecule has 6 nitrogen and oxygen atoms in total. The number of carbonyl (C=O) groups is 1. The van der Waals surface area contributed by atoms with Crippen LogP contribution >= 0.6 is 23.4 Å². The lowest BCUT2D eigenvalue weighted by atomic mass is 10.2. The maximum atomic E-state index is 12.7. The highest BCUT2D eigenvalue weighted by Crippen LogP contribution is 2.25. The molecule has 1 N–H and O–H groups in total. The van der Waals surface area contributed by atoms with E-state index in [0.717, 1.165) is 24.5 Å². The second-order valence-corrected chi connectivity index (χ2v) is 9.69. The smallest absolute Gasteiger partial charge is 0.237 e. The first-order valence-electron chi connectivity index (χ1n) is 10.7. The van der Waals surface area contributed by atoms with E-state index in [4.69, 9.17) is 16.3 Å². The molecule has 0 saturated carbocycles. The zero-order chi connectivity index (χ0) is 23.1. The maximum Gasteiger partial charge on any atom is 0.237 e. The molecule has 170 valence electrons. The molecule has 32 heavy (non-hydrogen) atoms. The molecule has 8 heteroatoms. The molecule has 1 atom stereocenters. The lowest BCUT2D eigenvalue weighted by Crippen LogP contribution is -2.23. The molecule has 0 bridgehead atoms. The lowest BCUT2D eigenvalue weighted by Gasteiger charge is -2.15. The van der Waals surface area contributed by atoms with Gasteiger partial charge in [0.1, 0.15) is 12.4 Å². The van der Waals surface area contributed by atoms with Crippen molar-refractivity contribution in [1.29, 1.82) is 0 Å². The van der Waals surface area contributed by atoms with Crippen molar-refractivity contribution in [3.8, 4) is 5.75 Å². The van der Waals surface area contributed by atoms with E-state index >= 15 is 0 Å². The molecular weight excluding hydrogens is 444 g/mol. The number of aromatic nitrogens is 3. The minimum atomic E-state index is -0.362. The third kappa shape index (κ3) is 6.74. The largest absolute Gasteiger partial charge is 0.486 e. The van der Waals surface area contributed by atoms with Gasteiger partial charge in [0.15, 0.2) is 11.0 Å². The average molecular weight is 473 g/mol. The van der Waals surface area contributed by atoms with Gasteiger partial charge in [-0.1, -0.05) is 62.3 Å². The zero-order valence-corrected chi connectivity index (χ0v) is 20.4. The summed E-state index contributed by atoms with van der Waals surface area (Å²) in [7, 11) is 0. The Morgan fingerprint density at radius 2 is 1.91 bits per heavy atom. The van der Waals surface area contributed by atoms with Crippen molar-refractivity contribution in [3.05, 3.63) is 64.9 Å². The molecule has 1 heterocycles. The number of hydrogen-bond acceptors (Lipinski definition) is 5. The molecule has 2 aromatic carbocycles. The van der Waals surface area contributed by atoms with Gasteiger partial charge in [0.2, 0.25) is 5.91 Å². The van der Waals surface area contributed by atoms with Gasteiger partial charge in [-0.2, -0.15) is 0 Å². The van der Waals surface area contributed by atoms with Crippen molar-refractivity contribution >= 4 is 35.0 Å². The lowest BCUT2D eigenvalue weighted by molar-refractivity contribution is -0.115. The molecule has 0 aliphatic carbocycles. The van der Waals surface area contributed by atoms with Crippen LogP contribution in [0.15, 0.2) is 53.7 Å². The minimum absolute atomic E-state index is 0.120. The number of nitrogens with one attached hydrogen (secondary N) is 1. The number of benzene rings is 2. The SMILES string of the molecule is CCc1ccc(OCc2nnc(SC(C)C(=O)Nc3cccc(Cl)c3)n2CC(C)C)cc1. The number of ether oxygens (including phenoxy) is 1. The zero-order valence-electron chi connectivity index (χ0n) is 18.8. The Morgan fingerprint density at radius 3 is 2.56 bits per heavy atom. The summed E-state index contributed by atoms with van der Waals surface area (Å²) < 4.78 is 7.99. The Balaban J connectivity index is 1.68. The highest BCUT2D eigenvalue weighted by atomic mass is 35.5. The van der Waals surface area contributed by atoms with Crippen LogP contribution in [-0.4, -0.2) is 25.9 Å². The molecule has 1 aromatic heterocycles. The van der Waals surface area contributed by atoms with Crippen LogP contribution in [0.1, 0.15) is 39.1 Å². The third-order valence-corrected chi connectivity index (χ3v) is 6.10. The van der Waals surface area contributed by atoms with E-state index in [1.807, 2.05) is 29.7 Å². The Kier molecular flexibility index (Phi) is 8.59. The topological polar surface area (TPSA) is 69.0 Å². The first-order valence-corrected chi connectivity index (χ1v) is 12.0. The van der Waals surface area contributed by atoms with Crippen LogP contribution in [0.4, 0.5) is 5.69 Å². The number of aryl methyl sites for hydroxylation is 1. The van der Waals surface area contributed by atoms with Gasteiger partial charge in [-0.3, -0.25) is 4.79 Å². The van der Waals surface area contributed by atoms with E-state index in [2.05, 4.69) is 48.4 Å². The number of carbonyl (C=O) groups excluding carboxylic acids is 1. The van der Waals surface area contributed by atoms with Crippen molar-refractivity contribution in [3.63, 3.8) is 0 Å². The Hall–Kier alpha value is -2.51. The standard InChI is InChI=1S/C24H29ClN4O2S/c1-5-18-9-11-21(12-10-18)31-15-22-27-28-24(29(22)14-16(2)3)32-17(4)23(30)26-20-8-6-7-19(25)13-20/h6-13,16-17H,5,14-15H2,1-4H3,(H,26,30). The molecule has 3 rings (SSSR count). The van der Waals surface area contributed by atoms with Crippen LogP contribution in [0.25, 0.3) is 0 Å². The molecule has 0 aliphatic rings. The normalized spacial score (nSPS) is 12.1. The second kappa shape index (κ2) is 11.4. The number of amides is 1. The summed E-state index contributed by atoms with van der Waals surface area (Å²) >= 11 is 7.39. The number of hydrogen-bond donors (Lipinski definition) is 1. The van der Waals surface area contributed by atoms with E-state index in [-0.39, 0.29) is 11.2 Å². The summed E-state index contributed by atoms with van der Waals surface area (Å²) in [6, 6.07) is 15.2. The van der Waals surface area contributed by atoms with Crippen LogP contribution < -0.4 is 10.1 Å². The van der Waals surface area contributed by atoms with E-state index in [0.29, 0.717) is 28.4 Å². The summed E-state index contributed by atoms with van der Waals surface area (Å²) in [5.74, 6) is 1.81. The van der Waals surface area contributed by atoms with Gasteiger partial charge >= 0.3 is 0 Å². The van der Waals surface area contributed by atoms with E-state index in [9.17, 15) is 4.79 Å². The summed E-state index contributed by atoms with van der Waals surface area (Å²) in [5.41, 5.74) is 1.94. The Morgan fingerprint density at radius 1 is 1.16 bits per heavy atom. The number of halogens is 1. The predicted octanol–water partition coefficient (Wildman–Crippen LogP) is 5.85. The fourth-order valence-corrected chi connectivity index (χ4v) is 4.12. The third-order valence-electron chi connectivity index (χ3n) is 4.78. The fraction of sp³-hybridized carbons (Fsp3) is 0.375. The van der Waals surface area contributed by atoms with E-state index < -0.39 is 0 Å². The average Bonchev–Trinajstić information content (AvgIpc) is 3.13. The summed E-state index contributed by atoms with van der Waals surface area (Å²) in [6.07, 6.45) is 0.993. The number of rotatable bonds is 10. The molecule has 3 aromatic rings. The fourth-order valence-electron chi connectivity index (χ4n) is 3.05. The van der Waals surface area contributed by atoms with Crippen LogP contribution in [0, 0.1) is 5.92 Å². The molecule has 0 saturated heterocycles. The van der Waals surface area contributed by atoms with Crippen molar-refractivity contribution in [1.82, 2.24) is 14.8 Å². The van der Waals surface area contributed by atoms with Crippen LogP contribution in [-0.2, 0) is 24.4 Å². The maximum absolute atomic E-state index is 12.7. The second-order valence-electron chi connectivity index (χ2n) is 7.95. The molecule has 0 aliphatic heterocycles. The quantitative estimate of drug-likeness (QED) is 0.375. The molecule has 1 amide bonds. The summed E-state index contributed by atoms with van der Waals surface area (Å²) in [4.78, 5) is 12.7. The van der Waals surface area contributed by atoms with Crippen LogP contribution in [0.5, 0.6) is 5.75 Å². The highest BCUT2D eigenvalue weighted by Gasteiger charge is 2.21. The number of nitrogens with zero attached hydrogens (tertiary/aromatic N) is 3. The van der Waals surface area contributed by atoms with Gasteiger partial charge in [0.05, 0.1) is 5.25 Å². The first kappa shape index (κ1) is 24.1. The van der Waals surface area contributed by atoms with Crippen molar-refractivity contribution in [2.24, 2.45) is 5.92 Å². The van der Waals surface area contributed by atoms with Crippen molar-refractivity contribution in [2.75, 3.05) is 5.32 Å². The van der Waals surface area contributed by atoms with E-state index in [1.54, 1.807) is 18.2 Å². The molecule has 0 radical (unpaired) electrons. The van der Waals surface area contributed by atoms with Crippen molar-refractivity contribution in [2.45, 2.75) is 57.7 Å². The Bertz CT molecular complexity index is 1040. The summed E-state index contributed by atoms with van der Waals surface area (Å²) in [5, 5.41) is 12.5. The van der Waals surface area contributed by atoms with Crippen LogP contribution in [0.2, 0.25) is 5.02 Å². The molecular formula is C24H29ClN4O2S. The number of thioether (sulfide) groups is 1. The summed E-state index contributed by atoms with van der Waals surface area (Å²) in [6.45, 7) is 9.31. The van der Waals surface area contributed by atoms with E-state index in [1.165, 1.54) is 17.3 Å². The van der Waals surface area contributed by atoms with Crippen molar-refractivity contribution < 1.29 is 9.53 Å². The van der Waals surface area contributed by atoms with Crippen LogP contribution in [0.3, 0.4) is 0 Å². The highest BCUT2D eigenvalue weighted by molar-refractivity contribution is 8.00. The van der Waals surface area contributed by atoms with Gasteiger partial charge in [0.25, 0.3) is 0 Å². The van der Waals surface area contributed by atoms with Gasteiger partial charge in [0, 0.05) is 17.3 Å². The molecule has 1 unspecified atom stereocenters. The van der Waals surface area contributed by atoms with Gasteiger partial charge in [-0.05, 0) is 55.2 Å². The monoisotopic (exact) mass is 472 g/mol. The Labute approximate surface area is 198 Å². The molecule has 0 spiro atoms. The molecule has 0 fully saturated rings. The predicted molar refractivity (Wildman–Crippen MR) is 130 cm³/mol. The first-order chi connectivity index (χ1) is 15.4. The number of anilines is 1. The van der Waals surface area contributed by atoms with Gasteiger partial charge in [-0.25, -0.2) is 0 Å². The van der Waals surface area contributed by atoms with Gasteiger partial charge < -0.3 is 14.6 Å². The minimum Gasteiger partial charge on any atom is -0.486 e.